The summed E-state index contributed by atoms with van der Waals surface area (Å²) in [6, 6.07) is 0. The van der Waals surface area contributed by atoms with Crippen LogP contribution in [0.2, 0.25) is 0 Å². The van der Waals surface area contributed by atoms with Gasteiger partial charge in [-0.1, -0.05) is 65.2 Å². The van der Waals surface area contributed by atoms with Crippen molar-refractivity contribution < 1.29 is 9.53 Å². The van der Waals surface area contributed by atoms with Gasteiger partial charge in [-0.25, -0.2) is 0 Å². The molecule has 0 heterocycles. The summed E-state index contributed by atoms with van der Waals surface area (Å²) >= 11 is 0. The second-order valence-corrected chi connectivity index (χ2v) is 5.67. The van der Waals surface area contributed by atoms with Crippen molar-refractivity contribution in [1.82, 2.24) is 0 Å². The maximum atomic E-state index is 11.6. The number of rotatable bonds is 13. The third kappa shape index (κ3) is 13.7. The van der Waals surface area contributed by atoms with Crippen LogP contribution in [0.4, 0.5) is 0 Å². The van der Waals surface area contributed by atoms with E-state index >= 15 is 0 Å². The molecule has 1 unspecified atom stereocenters. The van der Waals surface area contributed by atoms with E-state index in [-0.39, 0.29) is 12.1 Å². The third-order valence-electron chi connectivity index (χ3n) is 3.53. The van der Waals surface area contributed by atoms with Gasteiger partial charge in [0.1, 0.15) is 0 Å². The Morgan fingerprint density at radius 3 is 2.00 bits per heavy atom. The molecule has 0 spiro atoms. The van der Waals surface area contributed by atoms with Crippen molar-refractivity contribution in [2.75, 3.05) is 0 Å². The standard InChI is InChI=1S/C17H34O2/c1-4-6-8-9-10-11-13-15-17(18)19-16(3)14-12-7-5-2/h16H,4-15H2,1-3H3. The van der Waals surface area contributed by atoms with Crippen LogP contribution in [0.25, 0.3) is 0 Å². The highest BCUT2D eigenvalue weighted by atomic mass is 16.5. The van der Waals surface area contributed by atoms with Gasteiger partial charge in [-0.15, -0.1) is 0 Å². The third-order valence-corrected chi connectivity index (χ3v) is 3.53. The fourth-order valence-electron chi connectivity index (χ4n) is 2.25. The van der Waals surface area contributed by atoms with Crippen LogP contribution in [-0.2, 0) is 9.53 Å². The molecule has 114 valence electrons. The number of carbonyl (C=O) groups is 1. The van der Waals surface area contributed by atoms with E-state index in [1.165, 1.54) is 57.8 Å². The van der Waals surface area contributed by atoms with Gasteiger partial charge in [0.15, 0.2) is 0 Å². The maximum Gasteiger partial charge on any atom is 0.306 e. The lowest BCUT2D eigenvalue weighted by Crippen LogP contribution is -2.14. The molecule has 0 bridgehead atoms. The molecule has 0 aliphatic rings. The van der Waals surface area contributed by atoms with Crippen LogP contribution in [0, 0.1) is 0 Å². The van der Waals surface area contributed by atoms with E-state index in [4.69, 9.17) is 4.74 Å². The topological polar surface area (TPSA) is 26.3 Å². The minimum atomic E-state index is -0.00226. The molecule has 2 heteroatoms. The number of ether oxygens (including phenoxy) is 1. The molecular formula is C17H34O2. The molecule has 1 atom stereocenters. The highest BCUT2D eigenvalue weighted by molar-refractivity contribution is 5.69. The molecule has 0 N–H and O–H groups in total. The fraction of sp³-hybridized carbons (Fsp3) is 0.941. The molecule has 0 aromatic carbocycles. The Balaban J connectivity index is 3.33. The summed E-state index contributed by atoms with van der Waals surface area (Å²) in [6.07, 6.45) is 14.1. The van der Waals surface area contributed by atoms with Crippen LogP contribution >= 0.6 is 0 Å². The molecule has 2 nitrogen and oxygen atoms in total. The van der Waals surface area contributed by atoms with Crippen LogP contribution < -0.4 is 0 Å². The van der Waals surface area contributed by atoms with E-state index < -0.39 is 0 Å². The van der Waals surface area contributed by atoms with Gasteiger partial charge in [-0.2, -0.15) is 0 Å². The molecule has 0 radical (unpaired) electrons. The summed E-state index contributed by atoms with van der Waals surface area (Å²) in [7, 11) is 0. The van der Waals surface area contributed by atoms with E-state index in [1.807, 2.05) is 6.92 Å². The quantitative estimate of drug-likeness (QED) is 0.320. The number of carbonyl (C=O) groups excluding carboxylic acids is 1. The van der Waals surface area contributed by atoms with Crippen molar-refractivity contribution in [3.05, 3.63) is 0 Å². The maximum absolute atomic E-state index is 11.6. The molecule has 0 aliphatic carbocycles. The van der Waals surface area contributed by atoms with Crippen molar-refractivity contribution in [2.45, 2.75) is 104 Å². The minimum absolute atomic E-state index is 0.00226. The Labute approximate surface area is 120 Å². The molecular weight excluding hydrogens is 236 g/mol. The molecule has 0 aromatic heterocycles. The summed E-state index contributed by atoms with van der Waals surface area (Å²) < 4.78 is 5.40. The molecule has 19 heavy (non-hydrogen) atoms. The molecule has 0 saturated carbocycles. The SMILES string of the molecule is CCCCCCCCCC(=O)OC(C)CCCCC. The summed E-state index contributed by atoms with van der Waals surface area (Å²) in [5, 5.41) is 0. The van der Waals surface area contributed by atoms with Crippen molar-refractivity contribution in [1.29, 1.82) is 0 Å². The first-order valence-corrected chi connectivity index (χ1v) is 8.40. The summed E-state index contributed by atoms with van der Waals surface area (Å²) in [5.74, 6) is -0.00226. The molecule has 0 aromatic rings. The van der Waals surface area contributed by atoms with Gasteiger partial charge in [-0.3, -0.25) is 4.79 Å². The average molecular weight is 270 g/mol. The van der Waals surface area contributed by atoms with Crippen molar-refractivity contribution >= 4 is 5.97 Å². The van der Waals surface area contributed by atoms with E-state index in [2.05, 4.69) is 13.8 Å². The van der Waals surface area contributed by atoms with Gasteiger partial charge in [0, 0.05) is 6.42 Å². The Hall–Kier alpha value is -0.530. The summed E-state index contributed by atoms with van der Waals surface area (Å²) in [5.41, 5.74) is 0. The largest absolute Gasteiger partial charge is 0.463 e. The Bertz CT molecular complexity index is 201. The van der Waals surface area contributed by atoms with Gasteiger partial charge in [0.05, 0.1) is 6.10 Å². The lowest BCUT2D eigenvalue weighted by Gasteiger charge is -2.12. The molecule has 0 fully saturated rings. The van der Waals surface area contributed by atoms with Gasteiger partial charge in [0.2, 0.25) is 0 Å². The zero-order chi connectivity index (χ0) is 14.3. The predicted molar refractivity (Wildman–Crippen MR) is 82.3 cm³/mol. The number of hydrogen-bond donors (Lipinski definition) is 0. The highest BCUT2D eigenvalue weighted by Gasteiger charge is 2.08. The monoisotopic (exact) mass is 270 g/mol. The second kappa shape index (κ2) is 13.9. The highest BCUT2D eigenvalue weighted by Crippen LogP contribution is 2.11. The van der Waals surface area contributed by atoms with Crippen molar-refractivity contribution in [3.8, 4) is 0 Å². The predicted octanol–water partition coefficient (Wildman–Crippen LogP) is 5.64. The Morgan fingerprint density at radius 1 is 0.842 bits per heavy atom. The summed E-state index contributed by atoms with van der Waals surface area (Å²) in [6.45, 7) is 6.44. The number of hydrogen-bond acceptors (Lipinski definition) is 2. The van der Waals surface area contributed by atoms with Crippen LogP contribution in [0.5, 0.6) is 0 Å². The Kier molecular flexibility index (Phi) is 13.5. The normalized spacial score (nSPS) is 12.4. The fourth-order valence-corrected chi connectivity index (χ4v) is 2.25. The van der Waals surface area contributed by atoms with Crippen LogP contribution in [0.3, 0.4) is 0 Å². The van der Waals surface area contributed by atoms with Gasteiger partial charge >= 0.3 is 5.97 Å². The van der Waals surface area contributed by atoms with Gasteiger partial charge in [0.25, 0.3) is 0 Å². The lowest BCUT2D eigenvalue weighted by atomic mass is 10.1. The molecule has 0 aliphatic heterocycles. The van der Waals surface area contributed by atoms with E-state index in [1.54, 1.807) is 0 Å². The number of esters is 1. The van der Waals surface area contributed by atoms with Gasteiger partial charge in [-0.05, 0) is 26.2 Å². The smallest absolute Gasteiger partial charge is 0.306 e. The summed E-state index contributed by atoms with van der Waals surface area (Å²) in [4.78, 5) is 11.6. The first kappa shape index (κ1) is 18.5. The second-order valence-electron chi connectivity index (χ2n) is 5.67. The zero-order valence-electron chi connectivity index (χ0n) is 13.4. The van der Waals surface area contributed by atoms with Crippen LogP contribution in [0.1, 0.15) is 97.8 Å². The minimum Gasteiger partial charge on any atom is -0.463 e. The van der Waals surface area contributed by atoms with E-state index in [0.29, 0.717) is 6.42 Å². The molecule has 0 saturated heterocycles. The zero-order valence-corrected chi connectivity index (χ0v) is 13.4. The van der Waals surface area contributed by atoms with E-state index in [9.17, 15) is 4.79 Å². The van der Waals surface area contributed by atoms with Crippen LogP contribution in [-0.4, -0.2) is 12.1 Å². The van der Waals surface area contributed by atoms with Crippen molar-refractivity contribution in [2.24, 2.45) is 0 Å². The Morgan fingerprint density at radius 2 is 1.37 bits per heavy atom. The van der Waals surface area contributed by atoms with Crippen molar-refractivity contribution in [3.63, 3.8) is 0 Å². The van der Waals surface area contributed by atoms with E-state index in [0.717, 1.165) is 12.8 Å². The molecule has 0 amide bonds. The first-order chi connectivity index (χ1) is 9.20. The molecule has 0 rings (SSSR count). The first-order valence-electron chi connectivity index (χ1n) is 8.40. The lowest BCUT2D eigenvalue weighted by molar-refractivity contribution is -0.148. The number of unbranched alkanes of at least 4 members (excludes halogenated alkanes) is 8. The average Bonchev–Trinajstić information content (AvgIpc) is 2.38. The van der Waals surface area contributed by atoms with Gasteiger partial charge < -0.3 is 4.74 Å². The van der Waals surface area contributed by atoms with Crippen LogP contribution in [0.15, 0.2) is 0 Å².